The summed E-state index contributed by atoms with van der Waals surface area (Å²) in [6, 6.07) is 5.34. The number of hydrogen-bond acceptors (Lipinski definition) is 7. The van der Waals surface area contributed by atoms with E-state index in [4.69, 9.17) is 22.1 Å². The van der Waals surface area contributed by atoms with Crippen LogP contribution in [-0.4, -0.2) is 56.0 Å². The molecule has 0 atom stereocenters. The first-order valence-electron chi connectivity index (χ1n) is 12.2. The van der Waals surface area contributed by atoms with Crippen LogP contribution in [0.2, 0.25) is 5.02 Å². The molecule has 1 aliphatic carbocycles. The van der Waals surface area contributed by atoms with Gasteiger partial charge in [-0.25, -0.2) is 14.4 Å². The fourth-order valence-corrected chi connectivity index (χ4v) is 4.39. The van der Waals surface area contributed by atoms with Gasteiger partial charge in [-0.1, -0.05) is 30.9 Å². The summed E-state index contributed by atoms with van der Waals surface area (Å²) in [6.07, 6.45) is 9.67. The first kappa shape index (κ1) is 26.6. The van der Waals surface area contributed by atoms with E-state index in [0.717, 1.165) is 51.3 Å². The Kier molecular flexibility index (Phi) is 11.3. The lowest BCUT2D eigenvalue weighted by Crippen LogP contribution is -2.23. The topological polar surface area (TPSA) is 94.3 Å². The molecule has 4 N–H and O–H groups in total. The molecule has 188 valence electrons. The van der Waals surface area contributed by atoms with E-state index in [1.54, 1.807) is 19.4 Å². The van der Waals surface area contributed by atoms with Crippen molar-refractivity contribution in [2.45, 2.75) is 51.0 Å². The molecule has 0 amide bonds. The fraction of sp³-hybridized carbons (Fsp3) is 0.600. The molecule has 2 fully saturated rings. The highest BCUT2D eigenvalue weighted by atomic mass is 35.5. The largest absolute Gasteiger partial charge is 0.383 e. The molecule has 1 aliphatic heterocycles. The van der Waals surface area contributed by atoms with E-state index in [9.17, 15) is 4.39 Å². The van der Waals surface area contributed by atoms with Crippen LogP contribution < -0.4 is 16.4 Å². The van der Waals surface area contributed by atoms with E-state index in [1.165, 1.54) is 25.3 Å². The maximum Gasteiger partial charge on any atom is 0.149 e. The molecular formula is C25H37ClFN5O2. The number of pyridine rings is 2. The van der Waals surface area contributed by atoms with E-state index in [-0.39, 0.29) is 5.69 Å². The molecule has 2 aliphatic rings. The van der Waals surface area contributed by atoms with Crippen LogP contribution in [0, 0.1) is 11.7 Å². The summed E-state index contributed by atoms with van der Waals surface area (Å²) in [5.74, 6) is 1.54. The monoisotopic (exact) mass is 493 g/mol. The molecule has 1 saturated heterocycles. The van der Waals surface area contributed by atoms with Gasteiger partial charge in [0.25, 0.3) is 0 Å². The quantitative estimate of drug-likeness (QED) is 0.470. The molecule has 0 spiro atoms. The number of nitrogens with one attached hydrogen (secondary N) is 2. The van der Waals surface area contributed by atoms with Crippen molar-refractivity contribution < 1.29 is 13.9 Å². The zero-order valence-corrected chi connectivity index (χ0v) is 20.7. The van der Waals surface area contributed by atoms with Gasteiger partial charge in [-0.3, -0.25) is 0 Å². The van der Waals surface area contributed by atoms with Gasteiger partial charge in [-0.2, -0.15) is 0 Å². The van der Waals surface area contributed by atoms with Crippen molar-refractivity contribution in [3.63, 3.8) is 0 Å². The summed E-state index contributed by atoms with van der Waals surface area (Å²) < 4.78 is 24.6. The number of rotatable bonds is 8. The van der Waals surface area contributed by atoms with Crippen LogP contribution in [0.1, 0.15) is 44.9 Å². The average Bonchev–Trinajstić information content (AvgIpc) is 2.87. The Hall–Kier alpha value is -2.00. The van der Waals surface area contributed by atoms with Crippen molar-refractivity contribution in [2.75, 3.05) is 50.7 Å². The van der Waals surface area contributed by atoms with Crippen molar-refractivity contribution in [1.82, 2.24) is 9.97 Å². The van der Waals surface area contributed by atoms with E-state index < -0.39 is 5.82 Å². The van der Waals surface area contributed by atoms with Crippen molar-refractivity contribution in [1.29, 1.82) is 0 Å². The third-order valence-corrected chi connectivity index (χ3v) is 6.45. The van der Waals surface area contributed by atoms with Crippen molar-refractivity contribution in [3.8, 4) is 11.3 Å². The molecule has 3 heterocycles. The zero-order valence-electron chi connectivity index (χ0n) is 20.0. The van der Waals surface area contributed by atoms with Crippen LogP contribution in [0.5, 0.6) is 0 Å². The Morgan fingerprint density at radius 2 is 1.91 bits per heavy atom. The SMILES string of the molecule is COCCN.Fc1ccc(NCC2CCOCC2)nc1-c1cc(NC2CCCCC2)ncc1Cl. The maximum absolute atomic E-state index is 14.6. The number of nitrogens with zero attached hydrogens (tertiary/aromatic N) is 2. The fourth-order valence-electron chi connectivity index (χ4n) is 4.20. The second kappa shape index (κ2) is 14.4. The van der Waals surface area contributed by atoms with E-state index >= 15 is 0 Å². The average molecular weight is 494 g/mol. The minimum Gasteiger partial charge on any atom is -0.383 e. The Morgan fingerprint density at radius 1 is 1.15 bits per heavy atom. The second-order valence-electron chi connectivity index (χ2n) is 8.77. The molecule has 9 heteroatoms. The Bertz CT molecular complexity index is 874. The van der Waals surface area contributed by atoms with Gasteiger partial charge in [0.05, 0.1) is 11.6 Å². The first-order chi connectivity index (χ1) is 16.6. The number of methoxy groups -OCH3 is 1. The lowest BCUT2D eigenvalue weighted by Gasteiger charge is -2.23. The van der Waals surface area contributed by atoms with E-state index in [0.29, 0.717) is 41.5 Å². The molecule has 4 rings (SSSR count). The van der Waals surface area contributed by atoms with Gasteiger partial charge in [0.2, 0.25) is 0 Å². The maximum atomic E-state index is 14.6. The molecule has 0 radical (unpaired) electrons. The molecule has 2 aromatic heterocycles. The van der Waals surface area contributed by atoms with Crippen LogP contribution in [-0.2, 0) is 9.47 Å². The predicted molar refractivity (Wildman–Crippen MR) is 136 cm³/mol. The van der Waals surface area contributed by atoms with E-state index in [1.807, 2.05) is 6.07 Å². The first-order valence-corrected chi connectivity index (χ1v) is 12.6. The van der Waals surface area contributed by atoms with Crippen LogP contribution in [0.15, 0.2) is 24.4 Å². The van der Waals surface area contributed by atoms with Crippen molar-refractivity contribution in [2.24, 2.45) is 11.7 Å². The highest BCUT2D eigenvalue weighted by Gasteiger charge is 2.18. The summed E-state index contributed by atoms with van der Waals surface area (Å²) >= 11 is 6.37. The minimum absolute atomic E-state index is 0.251. The van der Waals surface area contributed by atoms with Gasteiger partial charge in [-0.15, -0.1) is 0 Å². The Balaban J connectivity index is 0.000000588. The van der Waals surface area contributed by atoms with Gasteiger partial charge in [0.15, 0.2) is 0 Å². The molecular weight excluding hydrogens is 457 g/mol. The Labute approximate surface area is 207 Å². The predicted octanol–water partition coefficient (Wildman–Crippen LogP) is 5.11. The number of halogens is 2. The van der Waals surface area contributed by atoms with Crippen LogP contribution in [0.4, 0.5) is 16.0 Å². The molecule has 2 aromatic rings. The second-order valence-corrected chi connectivity index (χ2v) is 9.18. The van der Waals surface area contributed by atoms with E-state index in [2.05, 4.69) is 25.3 Å². The zero-order chi connectivity index (χ0) is 24.2. The van der Waals surface area contributed by atoms with Crippen LogP contribution >= 0.6 is 11.6 Å². The van der Waals surface area contributed by atoms with Gasteiger partial charge in [0, 0.05) is 51.2 Å². The lowest BCUT2D eigenvalue weighted by molar-refractivity contribution is 0.0699. The standard InChI is InChI=1S/C22H28ClFN4O.C3H9NO/c23-18-14-26-21(27-16-4-2-1-3-5-16)12-17(18)22-19(24)6-7-20(28-22)25-13-15-8-10-29-11-9-15;1-5-3-2-4/h6-7,12,14-16H,1-5,8-11,13H2,(H,25,28)(H,26,27);2-4H2,1H3. The highest BCUT2D eigenvalue weighted by molar-refractivity contribution is 6.33. The number of anilines is 2. The Morgan fingerprint density at radius 3 is 2.59 bits per heavy atom. The summed E-state index contributed by atoms with van der Waals surface area (Å²) in [5, 5.41) is 7.21. The minimum atomic E-state index is -0.390. The summed E-state index contributed by atoms with van der Waals surface area (Å²) in [6.45, 7) is 3.70. The smallest absolute Gasteiger partial charge is 0.149 e. The van der Waals surface area contributed by atoms with Crippen molar-refractivity contribution >= 4 is 23.2 Å². The normalized spacial score (nSPS) is 17.1. The summed E-state index contributed by atoms with van der Waals surface area (Å²) in [5.41, 5.74) is 5.83. The molecule has 0 aromatic carbocycles. The summed E-state index contributed by atoms with van der Waals surface area (Å²) in [7, 11) is 1.63. The van der Waals surface area contributed by atoms with Gasteiger partial charge < -0.3 is 25.8 Å². The van der Waals surface area contributed by atoms with Gasteiger partial charge >= 0.3 is 0 Å². The van der Waals surface area contributed by atoms with Gasteiger partial charge in [0.1, 0.15) is 23.1 Å². The third kappa shape index (κ3) is 8.34. The number of hydrogen-bond donors (Lipinski definition) is 3. The van der Waals surface area contributed by atoms with Crippen LogP contribution in [0.3, 0.4) is 0 Å². The molecule has 0 bridgehead atoms. The number of aromatic nitrogens is 2. The van der Waals surface area contributed by atoms with Crippen LogP contribution in [0.25, 0.3) is 11.3 Å². The number of nitrogens with two attached hydrogens (primary N) is 1. The number of ether oxygens (including phenoxy) is 2. The lowest BCUT2D eigenvalue weighted by atomic mass is 9.95. The molecule has 1 saturated carbocycles. The highest BCUT2D eigenvalue weighted by Crippen LogP contribution is 2.32. The molecule has 7 nitrogen and oxygen atoms in total. The molecule has 0 unspecified atom stereocenters. The molecule has 34 heavy (non-hydrogen) atoms. The third-order valence-electron chi connectivity index (χ3n) is 6.15. The van der Waals surface area contributed by atoms with Crippen molar-refractivity contribution in [3.05, 3.63) is 35.2 Å². The van der Waals surface area contributed by atoms with Gasteiger partial charge in [-0.05, 0) is 49.8 Å². The summed E-state index contributed by atoms with van der Waals surface area (Å²) in [4.78, 5) is 8.91.